The van der Waals surface area contributed by atoms with E-state index >= 15 is 0 Å². The maximum atomic E-state index is 13.2. The summed E-state index contributed by atoms with van der Waals surface area (Å²) in [7, 11) is 0. The number of hydrogen-bond acceptors (Lipinski definition) is 4. The average Bonchev–Trinajstić information content (AvgIpc) is 2.33. The van der Waals surface area contributed by atoms with Gasteiger partial charge in [-0.15, -0.1) is 0 Å². The van der Waals surface area contributed by atoms with Gasteiger partial charge in [-0.25, -0.2) is 9.07 Å². The summed E-state index contributed by atoms with van der Waals surface area (Å²) < 4.78 is 14.3. The van der Waals surface area contributed by atoms with Gasteiger partial charge in [0.25, 0.3) is 5.56 Å². The van der Waals surface area contributed by atoms with Crippen molar-refractivity contribution in [3.8, 4) is 6.07 Å². The van der Waals surface area contributed by atoms with Crippen molar-refractivity contribution in [1.29, 1.82) is 5.26 Å². The molecule has 6 heteroatoms. The Morgan fingerprint density at radius 1 is 1.39 bits per heavy atom. The van der Waals surface area contributed by atoms with Crippen molar-refractivity contribution in [2.75, 3.05) is 5.73 Å². The summed E-state index contributed by atoms with van der Waals surface area (Å²) in [5, 5.41) is 12.6. The molecule has 0 aliphatic rings. The summed E-state index contributed by atoms with van der Waals surface area (Å²) >= 11 is 0. The zero-order chi connectivity index (χ0) is 13.1. The van der Waals surface area contributed by atoms with Crippen LogP contribution in [0.25, 0.3) is 0 Å². The highest BCUT2D eigenvalue weighted by molar-refractivity contribution is 5.34. The molecule has 0 amide bonds. The van der Waals surface area contributed by atoms with Gasteiger partial charge in [-0.3, -0.25) is 4.79 Å². The normalized spacial score (nSPS) is 10.0. The van der Waals surface area contributed by atoms with Crippen molar-refractivity contribution in [2.24, 2.45) is 0 Å². The molecule has 2 rings (SSSR count). The Labute approximate surface area is 102 Å². The molecule has 0 spiro atoms. The molecule has 90 valence electrons. The van der Waals surface area contributed by atoms with Crippen molar-refractivity contribution >= 4 is 5.82 Å². The van der Waals surface area contributed by atoms with E-state index in [1.807, 2.05) is 6.07 Å². The fourth-order valence-electron chi connectivity index (χ4n) is 1.56. The number of anilines is 1. The molecule has 2 N–H and O–H groups in total. The number of nitriles is 1. The van der Waals surface area contributed by atoms with Crippen LogP contribution >= 0.6 is 0 Å². The Kier molecular flexibility index (Phi) is 3.06. The lowest BCUT2D eigenvalue weighted by Gasteiger charge is -2.05. The highest BCUT2D eigenvalue weighted by atomic mass is 19.1. The highest BCUT2D eigenvalue weighted by Gasteiger charge is 2.04. The van der Waals surface area contributed by atoms with Crippen LogP contribution in [-0.2, 0) is 6.54 Å². The number of rotatable bonds is 2. The molecule has 2 aromatic rings. The fourth-order valence-corrected chi connectivity index (χ4v) is 1.56. The van der Waals surface area contributed by atoms with Crippen LogP contribution in [0.5, 0.6) is 0 Å². The van der Waals surface area contributed by atoms with Crippen LogP contribution in [0.2, 0.25) is 0 Å². The zero-order valence-electron chi connectivity index (χ0n) is 9.30. The predicted molar refractivity (Wildman–Crippen MR) is 63.1 cm³/mol. The van der Waals surface area contributed by atoms with Gasteiger partial charge >= 0.3 is 0 Å². The molecule has 0 bridgehead atoms. The summed E-state index contributed by atoms with van der Waals surface area (Å²) in [6.45, 7) is 0.0658. The summed E-state index contributed by atoms with van der Waals surface area (Å²) in [5.41, 5.74) is 5.80. The first-order chi connectivity index (χ1) is 8.58. The van der Waals surface area contributed by atoms with E-state index in [9.17, 15) is 9.18 Å². The van der Waals surface area contributed by atoms with E-state index in [2.05, 4.69) is 5.10 Å². The second kappa shape index (κ2) is 4.67. The van der Waals surface area contributed by atoms with Gasteiger partial charge in [0.05, 0.1) is 18.2 Å². The highest BCUT2D eigenvalue weighted by Crippen LogP contribution is 2.09. The number of hydrogen-bond donors (Lipinski definition) is 1. The van der Waals surface area contributed by atoms with Crippen LogP contribution < -0.4 is 11.3 Å². The maximum Gasteiger partial charge on any atom is 0.267 e. The molecule has 0 saturated carbocycles. The molecule has 1 heterocycles. The molecule has 0 radical (unpaired) electrons. The lowest BCUT2D eigenvalue weighted by atomic mass is 10.1. The second-order valence-electron chi connectivity index (χ2n) is 3.71. The lowest BCUT2D eigenvalue weighted by Crippen LogP contribution is -2.23. The Morgan fingerprint density at radius 3 is 2.89 bits per heavy atom. The zero-order valence-corrected chi connectivity index (χ0v) is 9.30. The summed E-state index contributed by atoms with van der Waals surface area (Å²) in [6, 6.07) is 8.40. The average molecular weight is 244 g/mol. The van der Waals surface area contributed by atoms with Gasteiger partial charge in [0.2, 0.25) is 0 Å². The molecule has 0 saturated heterocycles. The van der Waals surface area contributed by atoms with E-state index in [4.69, 9.17) is 11.0 Å². The molecule has 0 unspecified atom stereocenters. The number of nitrogens with zero attached hydrogens (tertiary/aromatic N) is 3. The Hall–Kier alpha value is -2.68. The molecular formula is C12H9FN4O. The maximum absolute atomic E-state index is 13.2. The monoisotopic (exact) mass is 244 g/mol. The first kappa shape index (κ1) is 11.8. The summed E-state index contributed by atoms with van der Waals surface area (Å²) in [5.74, 6) is -0.326. The van der Waals surface area contributed by atoms with Crippen molar-refractivity contribution in [3.05, 3.63) is 57.6 Å². The molecule has 5 nitrogen and oxygen atoms in total. The smallest absolute Gasteiger partial charge is 0.267 e. The molecule has 1 aromatic carbocycles. The van der Waals surface area contributed by atoms with Gasteiger partial charge in [0.1, 0.15) is 11.6 Å². The minimum atomic E-state index is -0.527. The number of benzene rings is 1. The SMILES string of the molecule is N#Cc1cc(F)cc(Cn2nc(N)ccc2=O)c1. The third kappa shape index (κ3) is 2.52. The van der Waals surface area contributed by atoms with Crippen molar-refractivity contribution in [2.45, 2.75) is 6.54 Å². The number of nitrogen functional groups attached to an aromatic ring is 1. The van der Waals surface area contributed by atoms with E-state index in [-0.39, 0.29) is 23.5 Å². The van der Waals surface area contributed by atoms with Crippen LogP contribution in [0.3, 0.4) is 0 Å². The van der Waals surface area contributed by atoms with E-state index < -0.39 is 5.82 Å². The fraction of sp³-hybridized carbons (Fsp3) is 0.0833. The molecule has 0 aliphatic carbocycles. The molecule has 18 heavy (non-hydrogen) atoms. The predicted octanol–water partition coefficient (Wildman–Crippen LogP) is 0.885. The van der Waals surface area contributed by atoms with Gasteiger partial charge in [0, 0.05) is 6.07 Å². The van der Waals surface area contributed by atoms with Crippen LogP contribution in [0, 0.1) is 17.1 Å². The Balaban J connectivity index is 2.40. The molecule has 0 atom stereocenters. The lowest BCUT2D eigenvalue weighted by molar-refractivity contribution is 0.611. The third-order valence-corrected chi connectivity index (χ3v) is 2.31. The second-order valence-corrected chi connectivity index (χ2v) is 3.71. The van der Waals surface area contributed by atoms with Gasteiger partial charge in [-0.05, 0) is 29.8 Å². The summed E-state index contributed by atoms with van der Waals surface area (Å²) in [6.07, 6.45) is 0. The topological polar surface area (TPSA) is 84.7 Å². The third-order valence-electron chi connectivity index (χ3n) is 2.31. The van der Waals surface area contributed by atoms with E-state index in [0.29, 0.717) is 5.56 Å². The molecular weight excluding hydrogens is 235 g/mol. The first-order valence-corrected chi connectivity index (χ1v) is 5.12. The van der Waals surface area contributed by atoms with E-state index in [1.165, 1.54) is 24.3 Å². The van der Waals surface area contributed by atoms with Gasteiger partial charge in [-0.1, -0.05) is 0 Å². The Morgan fingerprint density at radius 2 is 2.17 bits per heavy atom. The molecule has 0 aliphatic heterocycles. The minimum absolute atomic E-state index is 0.0658. The van der Waals surface area contributed by atoms with Gasteiger partial charge < -0.3 is 5.73 Å². The standard InChI is InChI=1S/C12H9FN4O/c13-10-4-8(6-14)3-9(5-10)7-17-12(18)2-1-11(15)16-17/h1-5H,7H2,(H2,15,16). The van der Waals surface area contributed by atoms with Crippen LogP contribution in [0.4, 0.5) is 10.2 Å². The molecule has 0 fully saturated rings. The quantitative estimate of drug-likeness (QED) is 0.849. The number of nitrogens with two attached hydrogens (primary N) is 1. The number of aromatic nitrogens is 2. The first-order valence-electron chi connectivity index (χ1n) is 5.12. The van der Waals surface area contributed by atoms with Gasteiger partial charge in [0.15, 0.2) is 0 Å². The minimum Gasteiger partial charge on any atom is -0.382 e. The van der Waals surface area contributed by atoms with Crippen molar-refractivity contribution in [1.82, 2.24) is 9.78 Å². The van der Waals surface area contributed by atoms with Crippen LogP contribution in [-0.4, -0.2) is 9.78 Å². The number of halogens is 1. The largest absolute Gasteiger partial charge is 0.382 e. The van der Waals surface area contributed by atoms with Crippen LogP contribution in [0.1, 0.15) is 11.1 Å². The van der Waals surface area contributed by atoms with E-state index in [0.717, 1.165) is 10.7 Å². The van der Waals surface area contributed by atoms with E-state index in [1.54, 1.807) is 0 Å². The summed E-state index contributed by atoms with van der Waals surface area (Å²) in [4.78, 5) is 11.5. The van der Waals surface area contributed by atoms with Crippen molar-refractivity contribution < 1.29 is 4.39 Å². The van der Waals surface area contributed by atoms with Crippen molar-refractivity contribution in [3.63, 3.8) is 0 Å². The van der Waals surface area contributed by atoms with Crippen LogP contribution in [0.15, 0.2) is 35.1 Å². The Bertz CT molecular complexity index is 687. The van der Waals surface area contributed by atoms with Gasteiger partial charge in [-0.2, -0.15) is 10.4 Å². The molecule has 1 aromatic heterocycles.